The number of nitrogens with one attached hydrogen (secondary N) is 1. The first kappa shape index (κ1) is 25.7. The number of alkyl halides is 3. The Morgan fingerprint density at radius 3 is 2.76 bits per heavy atom. The van der Waals surface area contributed by atoms with E-state index < -0.39 is 12.6 Å². The van der Waals surface area contributed by atoms with Crippen LogP contribution in [0.1, 0.15) is 61.0 Å². The molecule has 3 heterocycles. The molecular weight excluding hydrogens is 481 g/mol. The van der Waals surface area contributed by atoms with Crippen LogP contribution >= 0.6 is 23.1 Å². The Bertz CT molecular complexity index is 907. The molecule has 1 aromatic heterocycles. The highest BCUT2D eigenvalue weighted by molar-refractivity contribution is 8.14. The van der Waals surface area contributed by atoms with Gasteiger partial charge in [-0.2, -0.15) is 13.2 Å². The summed E-state index contributed by atoms with van der Waals surface area (Å²) >= 11 is 3.19. The van der Waals surface area contributed by atoms with Gasteiger partial charge < -0.3 is 5.32 Å². The molecular formula is C24H33F3N4OS2. The van der Waals surface area contributed by atoms with Gasteiger partial charge in [-0.3, -0.25) is 14.7 Å². The number of nitrogens with zero attached hydrogens (tertiary/aromatic N) is 3. The largest absolute Gasteiger partial charge is 0.389 e. The number of aromatic nitrogens is 1. The van der Waals surface area contributed by atoms with Gasteiger partial charge in [-0.1, -0.05) is 6.08 Å². The van der Waals surface area contributed by atoms with E-state index in [-0.39, 0.29) is 24.4 Å². The van der Waals surface area contributed by atoms with Crippen molar-refractivity contribution < 1.29 is 18.0 Å². The van der Waals surface area contributed by atoms with Crippen molar-refractivity contribution in [3.05, 3.63) is 27.7 Å². The second-order valence-corrected chi connectivity index (χ2v) is 11.9. The van der Waals surface area contributed by atoms with Gasteiger partial charge in [-0.15, -0.1) is 23.1 Å². The van der Waals surface area contributed by atoms with Crippen molar-refractivity contribution in [1.29, 1.82) is 0 Å². The van der Waals surface area contributed by atoms with Crippen molar-refractivity contribution in [2.24, 2.45) is 10.9 Å². The smallest absolute Gasteiger partial charge is 0.350 e. The highest BCUT2D eigenvalue weighted by Crippen LogP contribution is 2.31. The van der Waals surface area contributed by atoms with E-state index in [0.717, 1.165) is 79.5 Å². The van der Waals surface area contributed by atoms with Crippen LogP contribution in [0, 0.1) is 5.92 Å². The molecule has 0 radical (unpaired) electrons. The lowest BCUT2D eigenvalue weighted by Crippen LogP contribution is -2.37. The molecule has 1 fully saturated rings. The third-order valence-corrected chi connectivity index (χ3v) is 9.05. The van der Waals surface area contributed by atoms with Gasteiger partial charge in [0.05, 0.1) is 21.8 Å². The summed E-state index contributed by atoms with van der Waals surface area (Å²) in [6.07, 6.45) is 4.88. The maximum atomic E-state index is 12.5. The van der Waals surface area contributed by atoms with E-state index in [2.05, 4.69) is 20.2 Å². The second-order valence-electron chi connectivity index (χ2n) is 9.52. The van der Waals surface area contributed by atoms with Crippen molar-refractivity contribution in [1.82, 2.24) is 15.2 Å². The highest BCUT2D eigenvalue weighted by atomic mass is 32.2. The molecule has 1 aromatic rings. The van der Waals surface area contributed by atoms with Crippen LogP contribution in [0.25, 0.3) is 0 Å². The summed E-state index contributed by atoms with van der Waals surface area (Å²) < 4.78 is 37.5. The number of aliphatic imine (C=N–C) groups is 1. The fourth-order valence-electron chi connectivity index (χ4n) is 4.87. The van der Waals surface area contributed by atoms with Crippen LogP contribution in [0.5, 0.6) is 0 Å². The van der Waals surface area contributed by atoms with E-state index in [1.54, 1.807) is 17.8 Å². The second kappa shape index (κ2) is 11.6. The normalized spacial score (nSPS) is 26.0. The number of halogens is 3. The van der Waals surface area contributed by atoms with Crippen molar-refractivity contribution in [2.75, 3.05) is 18.8 Å². The molecule has 0 saturated heterocycles. The molecule has 2 aliphatic heterocycles. The number of rotatable bonds is 8. The number of fused-ring (bicyclic) bond motifs is 1. The molecule has 5 nitrogen and oxygen atoms in total. The van der Waals surface area contributed by atoms with Crippen LogP contribution in [0.3, 0.4) is 0 Å². The fourth-order valence-corrected chi connectivity index (χ4v) is 6.75. The molecule has 0 bridgehead atoms. The van der Waals surface area contributed by atoms with Gasteiger partial charge in [0.1, 0.15) is 0 Å². The molecule has 1 aliphatic carbocycles. The van der Waals surface area contributed by atoms with Crippen molar-refractivity contribution in [2.45, 2.75) is 83.1 Å². The topological polar surface area (TPSA) is 57.6 Å². The van der Waals surface area contributed by atoms with E-state index in [4.69, 9.17) is 0 Å². The molecule has 1 N–H and O–H groups in total. The third kappa shape index (κ3) is 7.81. The minimum absolute atomic E-state index is 0.00993. The summed E-state index contributed by atoms with van der Waals surface area (Å²) in [6.45, 7) is 4.70. The van der Waals surface area contributed by atoms with Crippen molar-refractivity contribution in [3.8, 4) is 0 Å². The summed E-state index contributed by atoms with van der Waals surface area (Å²) in [5.74, 6) is 1.56. The molecule has 34 heavy (non-hydrogen) atoms. The zero-order valence-electron chi connectivity index (χ0n) is 19.6. The predicted octanol–water partition coefficient (Wildman–Crippen LogP) is 5.15. The summed E-state index contributed by atoms with van der Waals surface area (Å²) in [7, 11) is 0. The first-order valence-electron chi connectivity index (χ1n) is 12.2. The predicted molar refractivity (Wildman–Crippen MR) is 132 cm³/mol. The number of hydrogen-bond acceptors (Lipinski definition) is 6. The lowest BCUT2D eigenvalue weighted by Gasteiger charge is -2.31. The van der Waals surface area contributed by atoms with E-state index >= 15 is 0 Å². The van der Waals surface area contributed by atoms with Crippen LogP contribution < -0.4 is 5.32 Å². The van der Waals surface area contributed by atoms with Gasteiger partial charge in [0.2, 0.25) is 5.91 Å². The Morgan fingerprint density at radius 2 is 2.06 bits per heavy atom. The van der Waals surface area contributed by atoms with Gasteiger partial charge in [-0.25, -0.2) is 4.98 Å². The van der Waals surface area contributed by atoms with Gasteiger partial charge >= 0.3 is 6.18 Å². The van der Waals surface area contributed by atoms with Crippen molar-refractivity contribution in [3.63, 3.8) is 0 Å². The van der Waals surface area contributed by atoms with Gasteiger partial charge in [0.15, 0.2) is 0 Å². The lowest BCUT2D eigenvalue weighted by atomic mass is 9.84. The van der Waals surface area contributed by atoms with Gasteiger partial charge in [0, 0.05) is 48.7 Å². The van der Waals surface area contributed by atoms with E-state index in [1.165, 1.54) is 11.3 Å². The minimum Gasteiger partial charge on any atom is -0.350 e. The fraction of sp³-hybridized carbons (Fsp3) is 0.708. The zero-order chi connectivity index (χ0) is 24.1. The highest BCUT2D eigenvalue weighted by Gasteiger charge is 2.29. The Labute approximate surface area is 207 Å². The molecule has 1 unspecified atom stereocenters. The Balaban J connectivity index is 1.14. The lowest BCUT2D eigenvalue weighted by molar-refractivity contribution is -0.134. The quantitative estimate of drug-likeness (QED) is 0.488. The van der Waals surface area contributed by atoms with E-state index in [0.29, 0.717) is 10.9 Å². The minimum atomic E-state index is -4.13. The van der Waals surface area contributed by atoms with Crippen LogP contribution in [0.2, 0.25) is 0 Å². The number of carbonyl (C=O) groups is 1. The molecule has 10 heteroatoms. The Morgan fingerprint density at radius 1 is 1.26 bits per heavy atom. The van der Waals surface area contributed by atoms with E-state index in [9.17, 15) is 18.0 Å². The zero-order valence-corrected chi connectivity index (χ0v) is 21.2. The maximum Gasteiger partial charge on any atom is 0.389 e. The number of carbonyl (C=O) groups excluding carboxylic acids is 1. The van der Waals surface area contributed by atoms with Gasteiger partial charge in [0.25, 0.3) is 0 Å². The first-order chi connectivity index (χ1) is 16.2. The SMILES string of the molecule is CC1=NC(/C=C/C(=O)NC2CCC(CCN3CCc4sc(CCC(F)(F)F)nc4C3)CC2)CS1. The molecule has 0 spiro atoms. The number of thioether (sulfide) groups is 1. The molecule has 1 saturated carbocycles. The summed E-state index contributed by atoms with van der Waals surface area (Å²) in [5.41, 5.74) is 0.977. The third-order valence-electron chi connectivity index (χ3n) is 6.80. The maximum absolute atomic E-state index is 12.5. The van der Waals surface area contributed by atoms with E-state index in [1.807, 2.05) is 13.0 Å². The average Bonchev–Trinajstić information content (AvgIpc) is 3.40. The van der Waals surface area contributed by atoms with Crippen LogP contribution in [-0.2, 0) is 24.2 Å². The standard InChI is InChI=1S/C24H33F3N4OS2/c1-16-28-19(15-33-16)6-7-22(32)29-18-4-2-17(3-5-18)9-12-31-13-10-21-20(14-31)30-23(34-21)8-11-24(25,26)27/h6-7,17-19H,2-5,8-15H2,1H3,(H,29,32)/b7-6+. The molecule has 3 aliphatic rings. The number of thiazole rings is 1. The Kier molecular flexibility index (Phi) is 8.74. The number of hydrogen-bond donors (Lipinski definition) is 1. The van der Waals surface area contributed by atoms with Crippen LogP contribution in [0.4, 0.5) is 13.2 Å². The monoisotopic (exact) mass is 514 g/mol. The molecule has 188 valence electrons. The van der Waals surface area contributed by atoms with Gasteiger partial charge in [-0.05, 0) is 57.9 Å². The average molecular weight is 515 g/mol. The molecule has 1 amide bonds. The summed E-state index contributed by atoms with van der Waals surface area (Å²) in [6, 6.07) is 0.368. The number of amides is 1. The van der Waals surface area contributed by atoms with Crippen LogP contribution in [-0.4, -0.2) is 57.9 Å². The summed E-state index contributed by atoms with van der Waals surface area (Å²) in [4.78, 5) is 24.8. The van der Waals surface area contributed by atoms with Crippen LogP contribution in [0.15, 0.2) is 17.1 Å². The summed E-state index contributed by atoms with van der Waals surface area (Å²) in [5, 5.41) is 4.84. The molecule has 4 rings (SSSR count). The number of aryl methyl sites for hydroxylation is 1. The first-order valence-corrected chi connectivity index (χ1v) is 14.0. The molecule has 1 atom stereocenters. The van der Waals surface area contributed by atoms with Crippen molar-refractivity contribution >= 4 is 34.0 Å². The Hall–Kier alpha value is -1.39. The molecule has 0 aromatic carbocycles.